The summed E-state index contributed by atoms with van der Waals surface area (Å²) < 4.78 is 16.1. The number of carbonyl (C=O) groups is 1. The van der Waals surface area contributed by atoms with E-state index in [1.54, 1.807) is 25.3 Å². The number of aldehydes is 1. The van der Waals surface area contributed by atoms with E-state index in [1.165, 1.54) is 0 Å². The molecule has 0 aromatic heterocycles. The molecule has 1 atom stereocenters. The summed E-state index contributed by atoms with van der Waals surface area (Å²) >= 11 is 3.25. The lowest BCUT2D eigenvalue weighted by atomic mass is 10.2. The molecule has 0 heterocycles. The van der Waals surface area contributed by atoms with Gasteiger partial charge < -0.3 is 19.3 Å². The summed E-state index contributed by atoms with van der Waals surface area (Å²) in [7, 11) is 1.58. The lowest BCUT2D eigenvalue weighted by Crippen LogP contribution is -2.24. The van der Waals surface area contributed by atoms with E-state index in [4.69, 9.17) is 14.2 Å². The predicted molar refractivity (Wildman–Crippen MR) is 73.7 cm³/mol. The second-order valence-corrected chi connectivity index (χ2v) is 4.69. The van der Waals surface area contributed by atoms with Crippen molar-refractivity contribution in [2.75, 3.05) is 33.5 Å². The molecule has 0 amide bonds. The largest absolute Gasteiger partial charge is 0.491 e. The molecule has 0 saturated heterocycles. The molecular weight excluding hydrogens is 316 g/mol. The molecule has 19 heavy (non-hydrogen) atoms. The number of halogens is 1. The van der Waals surface area contributed by atoms with Gasteiger partial charge in [-0.2, -0.15) is 0 Å². The third-order valence-electron chi connectivity index (χ3n) is 2.28. The number of aliphatic hydroxyl groups excluding tert-OH is 1. The second kappa shape index (κ2) is 9.03. The Balaban J connectivity index is 2.33. The molecule has 106 valence electrons. The second-order valence-electron chi connectivity index (χ2n) is 3.83. The Kier molecular flexibility index (Phi) is 7.66. The fraction of sp³-hybridized carbons (Fsp3) is 0.462. The predicted octanol–water partition coefficient (Wildman–Crippen LogP) is 1.66. The van der Waals surface area contributed by atoms with Crippen molar-refractivity contribution < 1.29 is 24.1 Å². The zero-order valence-electron chi connectivity index (χ0n) is 10.7. The topological polar surface area (TPSA) is 65.0 Å². The standard InChI is InChI=1S/C13H17BrO5/c1-17-4-5-18-8-11(16)9-19-12-2-3-13(14)10(6-12)7-15/h2-3,6-7,11,16H,4-5,8-9H2,1H3. The van der Waals surface area contributed by atoms with E-state index in [0.717, 1.165) is 6.29 Å². The highest BCUT2D eigenvalue weighted by Crippen LogP contribution is 2.21. The monoisotopic (exact) mass is 332 g/mol. The summed E-state index contributed by atoms with van der Waals surface area (Å²) in [5, 5.41) is 9.62. The Hall–Kier alpha value is -0.950. The highest BCUT2D eigenvalue weighted by molar-refractivity contribution is 9.10. The van der Waals surface area contributed by atoms with Crippen LogP contribution in [0.2, 0.25) is 0 Å². The van der Waals surface area contributed by atoms with Crippen LogP contribution in [0.25, 0.3) is 0 Å². The minimum atomic E-state index is -0.722. The highest BCUT2D eigenvalue weighted by atomic mass is 79.9. The van der Waals surface area contributed by atoms with E-state index < -0.39 is 6.10 Å². The van der Waals surface area contributed by atoms with E-state index in [9.17, 15) is 9.90 Å². The fourth-order valence-electron chi connectivity index (χ4n) is 1.30. The smallest absolute Gasteiger partial charge is 0.151 e. The molecule has 1 aromatic carbocycles. The number of carbonyl (C=O) groups excluding carboxylic acids is 1. The summed E-state index contributed by atoms with van der Waals surface area (Å²) in [6.07, 6.45) is 0.0153. The van der Waals surface area contributed by atoms with Gasteiger partial charge >= 0.3 is 0 Å². The molecule has 1 N–H and O–H groups in total. The van der Waals surface area contributed by atoms with Gasteiger partial charge in [-0.15, -0.1) is 0 Å². The van der Waals surface area contributed by atoms with Crippen LogP contribution in [0.4, 0.5) is 0 Å². The Labute approximate surface area is 120 Å². The van der Waals surface area contributed by atoms with Gasteiger partial charge in [-0.25, -0.2) is 0 Å². The molecule has 5 nitrogen and oxygen atoms in total. The van der Waals surface area contributed by atoms with Gasteiger partial charge in [-0.05, 0) is 18.2 Å². The van der Waals surface area contributed by atoms with E-state index in [0.29, 0.717) is 29.0 Å². The summed E-state index contributed by atoms with van der Waals surface area (Å²) in [5.41, 5.74) is 0.503. The van der Waals surface area contributed by atoms with Crippen molar-refractivity contribution in [3.63, 3.8) is 0 Å². The Morgan fingerprint density at radius 1 is 1.37 bits per heavy atom. The molecule has 1 aromatic rings. The third kappa shape index (κ3) is 6.15. The van der Waals surface area contributed by atoms with Crippen LogP contribution in [0.15, 0.2) is 22.7 Å². The molecule has 0 aliphatic rings. The highest BCUT2D eigenvalue weighted by Gasteiger charge is 2.07. The van der Waals surface area contributed by atoms with Crippen molar-refractivity contribution in [2.24, 2.45) is 0 Å². The first-order valence-electron chi connectivity index (χ1n) is 5.79. The lowest BCUT2D eigenvalue weighted by molar-refractivity contribution is -0.00419. The van der Waals surface area contributed by atoms with Gasteiger partial charge in [-0.3, -0.25) is 4.79 Å². The van der Waals surface area contributed by atoms with Crippen LogP contribution in [0.1, 0.15) is 10.4 Å². The van der Waals surface area contributed by atoms with Crippen molar-refractivity contribution in [2.45, 2.75) is 6.10 Å². The molecule has 0 spiro atoms. The van der Waals surface area contributed by atoms with Crippen molar-refractivity contribution in [1.82, 2.24) is 0 Å². The summed E-state index contributed by atoms with van der Waals surface area (Å²) in [6, 6.07) is 5.05. The third-order valence-corrected chi connectivity index (χ3v) is 3.00. The van der Waals surface area contributed by atoms with Gasteiger partial charge in [0.25, 0.3) is 0 Å². The first-order valence-corrected chi connectivity index (χ1v) is 6.59. The maximum Gasteiger partial charge on any atom is 0.151 e. The Bertz CT molecular complexity index is 397. The molecule has 0 bridgehead atoms. The molecule has 0 saturated carbocycles. The van der Waals surface area contributed by atoms with Crippen LogP contribution in [0, 0.1) is 0 Å². The van der Waals surface area contributed by atoms with Crippen molar-refractivity contribution in [1.29, 1.82) is 0 Å². The van der Waals surface area contributed by atoms with Crippen LogP contribution in [0.5, 0.6) is 5.75 Å². The van der Waals surface area contributed by atoms with Crippen LogP contribution >= 0.6 is 15.9 Å². The fourth-order valence-corrected chi connectivity index (χ4v) is 1.64. The zero-order chi connectivity index (χ0) is 14.1. The number of ether oxygens (including phenoxy) is 3. The number of aliphatic hydroxyl groups is 1. The molecule has 0 fully saturated rings. The number of methoxy groups -OCH3 is 1. The Morgan fingerprint density at radius 3 is 2.84 bits per heavy atom. The van der Waals surface area contributed by atoms with Crippen LogP contribution in [0.3, 0.4) is 0 Å². The molecular formula is C13H17BrO5. The average Bonchev–Trinajstić information content (AvgIpc) is 2.42. The Morgan fingerprint density at radius 2 is 2.16 bits per heavy atom. The normalized spacial score (nSPS) is 12.2. The van der Waals surface area contributed by atoms with Gasteiger partial charge in [-0.1, -0.05) is 15.9 Å². The van der Waals surface area contributed by atoms with E-state index >= 15 is 0 Å². The number of rotatable bonds is 9. The molecule has 1 unspecified atom stereocenters. The number of hydrogen-bond donors (Lipinski definition) is 1. The van der Waals surface area contributed by atoms with Gasteiger partial charge in [0.05, 0.1) is 19.8 Å². The molecule has 0 aliphatic heterocycles. The van der Waals surface area contributed by atoms with Gasteiger partial charge in [0.1, 0.15) is 18.5 Å². The quantitative estimate of drug-likeness (QED) is 0.550. The van der Waals surface area contributed by atoms with Crippen molar-refractivity contribution in [3.8, 4) is 5.75 Å². The maximum atomic E-state index is 10.8. The summed E-state index contributed by atoms with van der Waals surface area (Å²) in [6.45, 7) is 1.21. The first-order chi connectivity index (χ1) is 9.17. The van der Waals surface area contributed by atoms with Gasteiger partial charge in [0.2, 0.25) is 0 Å². The van der Waals surface area contributed by atoms with Crippen molar-refractivity contribution >= 4 is 22.2 Å². The van der Waals surface area contributed by atoms with E-state index in [-0.39, 0.29) is 13.2 Å². The van der Waals surface area contributed by atoms with Crippen LogP contribution < -0.4 is 4.74 Å². The number of benzene rings is 1. The van der Waals surface area contributed by atoms with E-state index in [1.807, 2.05) is 0 Å². The molecule has 0 aliphatic carbocycles. The zero-order valence-corrected chi connectivity index (χ0v) is 12.3. The molecule has 6 heteroatoms. The SMILES string of the molecule is COCCOCC(O)COc1ccc(Br)c(C=O)c1. The average molecular weight is 333 g/mol. The van der Waals surface area contributed by atoms with Gasteiger partial charge in [0.15, 0.2) is 6.29 Å². The summed E-state index contributed by atoms with van der Waals surface area (Å²) in [5.74, 6) is 0.529. The van der Waals surface area contributed by atoms with Crippen LogP contribution in [-0.4, -0.2) is 51.0 Å². The van der Waals surface area contributed by atoms with E-state index in [2.05, 4.69) is 15.9 Å². The lowest BCUT2D eigenvalue weighted by Gasteiger charge is -2.13. The van der Waals surface area contributed by atoms with Crippen molar-refractivity contribution in [3.05, 3.63) is 28.2 Å². The minimum Gasteiger partial charge on any atom is -0.491 e. The first kappa shape index (κ1) is 16.1. The minimum absolute atomic E-state index is 0.104. The molecule has 1 rings (SSSR count). The van der Waals surface area contributed by atoms with Crippen LogP contribution in [-0.2, 0) is 9.47 Å². The number of hydrogen-bond acceptors (Lipinski definition) is 5. The summed E-state index contributed by atoms with van der Waals surface area (Å²) in [4.78, 5) is 10.8. The van der Waals surface area contributed by atoms with Gasteiger partial charge in [0, 0.05) is 17.1 Å². The maximum absolute atomic E-state index is 10.8. The molecule has 0 radical (unpaired) electrons.